The van der Waals surface area contributed by atoms with Gasteiger partial charge in [0.2, 0.25) is 0 Å². The Morgan fingerprint density at radius 2 is 1.67 bits per heavy atom. The fourth-order valence-corrected chi connectivity index (χ4v) is 3.04. The highest BCUT2D eigenvalue weighted by Gasteiger charge is 2.17. The maximum atomic E-state index is 13.5. The zero-order valence-electron chi connectivity index (χ0n) is 9.79. The van der Waals surface area contributed by atoms with Crippen LogP contribution < -0.4 is 0 Å². The molecule has 0 N–H and O–H groups in total. The number of halogens is 2. The predicted molar refractivity (Wildman–Crippen MR) is 76.3 cm³/mol. The van der Waals surface area contributed by atoms with E-state index in [1.54, 1.807) is 12.1 Å². The number of hydrogen-bond donors (Lipinski definition) is 0. The Hall–Kier alpha value is -1.41. The third-order valence-electron chi connectivity index (χ3n) is 3.44. The maximum Gasteiger partial charge on any atom is 0.123 e. The number of benzene rings is 2. The summed E-state index contributed by atoms with van der Waals surface area (Å²) < 4.78 is 13.5. The Morgan fingerprint density at radius 3 is 2.44 bits per heavy atom. The average molecular weight is 303 g/mol. The first-order chi connectivity index (χ1) is 8.79. The van der Waals surface area contributed by atoms with E-state index in [-0.39, 0.29) is 5.82 Å². The second-order valence-electron chi connectivity index (χ2n) is 4.48. The highest BCUT2D eigenvalue weighted by Crippen LogP contribution is 2.34. The van der Waals surface area contributed by atoms with E-state index >= 15 is 0 Å². The third-order valence-corrected chi connectivity index (χ3v) is 3.90. The van der Waals surface area contributed by atoms with Crippen LogP contribution in [0, 0.1) is 5.82 Å². The van der Waals surface area contributed by atoms with E-state index in [2.05, 4.69) is 34.1 Å². The van der Waals surface area contributed by atoms with Crippen molar-refractivity contribution in [1.29, 1.82) is 0 Å². The summed E-state index contributed by atoms with van der Waals surface area (Å²) in [6, 6.07) is 13.4. The van der Waals surface area contributed by atoms with Crippen LogP contribution in [-0.4, -0.2) is 0 Å². The van der Waals surface area contributed by atoms with Crippen LogP contribution in [0.4, 0.5) is 4.39 Å². The zero-order chi connectivity index (χ0) is 12.5. The molecular weight excluding hydrogens is 291 g/mol. The summed E-state index contributed by atoms with van der Waals surface area (Å²) in [5.41, 5.74) is 5.78. The molecule has 0 amide bonds. The Kier molecular flexibility index (Phi) is 3.04. The van der Waals surface area contributed by atoms with E-state index in [1.165, 1.54) is 16.7 Å². The van der Waals surface area contributed by atoms with Gasteiger partial charge in [-0.05, 0) is 57.8 Å². The molecule has 90 valence electrons. The Bertz CT molecular complexity index is 629. The molecule has 1 aliphatic rings. The van der Waals surface area contributed by atoms with E-state index in [0.29, 0.717) is 0 Å². The molecule has 1 aliphatic carbocycles. The van der Waals surface area contributed by atoms with Crippen LogP contribution in [0.1, 0.15) is 22.3 Å². The molecule has 0 bridgehead atoms. The van der Waals surface area contributed by atoms with Gasteiger partial charge in [-0.3, -0.25) is 0 Å². The lowest BCUT2D eigenvalue weighted by Gasteiger charge is -2.10. The second kappa shape index (κ2) is 4.69. The molecule has 3 rings (SSSR count). The minimum absolute atomic E-state index is 0.181. The molecule has 0 spiro atoms. The second-order valence-corrected chi connectivity index (χ2v) is 4.94. The smallest absolute Gasteiger partial charge is 0.123 e. The summed E-state index contributed by atoms with van der Waals surface area (Å²) in [4.78, 5) is 1.90. The van der Waals surface area contributed by atoms with Crippen molar-refractivity contribution in [2.24, 2.45) is 0 Å². The molecule has 0 nitrogen and oxygen atoms in total. The van der Waals surface area contributed by atoms with Crippen molar-refractivity contribution >= 4 is 21.5 Å². The van der Waals surface area contributed by atoms with Gasteiger partial charge in [-0.15, -0.1) is 0 Å². The Balaban J connectivity index is 2.27. The molecule has 2 aromatic carbocycles. The highest BCUT2D eigenvalue weighted by atomic mass is 79.9. The topological polar surface area (TPSA) is 0 Å². The third kappa shape index (κ3) is 1.91. The van der Waals surface area contributed by atoms with Crippen molar-refractivity contribution in [3.63, 3.8) is 0 Å². The van der Waals surface area contributed by atoms with E-state index < -0.39 is 0 Å². The molecule has 0 saturated heterocycles. The summed E-state index contributed by atoms with van der Waals surface area (Å²) in [6.07, 6.45) is 1.95. The van der Waals surface area contributed by atoms with Gasteiger partial charge >= 0.3 is 0 Å². The SMILES string of the molecule is Fc1ccc2c(c1)/C(=C\Br)c1ccccc1CC2. The minimum Gasteiger partial charge on any atom is -0.207 e. The molecule has 0 unspecified atom stereocenters. The highest BCUT2D eigenvalue weighted by molar-refractivity contribution is 9.11. The van der Waals surface area contributed by atoms with Gasteiger partial charge in [0.05, 0.1) is 0 Å². The van der Waals surface area contributed by atoms with Crippen LogP contribution in [0.3, 0.4) is 0 Å². The van der Waals surface area contributed by atoms with Crippen molar-refractivity contribution in [2.75, 3.05) is 0 Å². The fourth-order valence-electron chi connectivity index (χ4n) is 2.55. The van der Waals surface area contributed by atoms with E-state index in [9.17, 15) is 4.39 Å². The van der Waals surface area contributed by atoms with Crippen molar-refractivity contribution < 1.29 is 4.39 Å². The van der Waals surface area contributed by atoms with E-state index in [1.807, 2.05) is 17.1 Å². The largest absolute Gasteiger partial charge is 0.207 e. The molecule has 0 atom stereocenters. The molecule has 0 aliphatic heterocycles. The van der Waals surface area contributed by atoms with Gasteiger partial charge in [-0.2, -0.15) is 0 Å². The van der Waals surface area contributed by atoms with Crippen molar-refractivity contribution in [3.8, 4) is 0 Å². The molecule has 2 heteroatoms. The molecule has 0 aromatic heterocycles. The molecule has 0 radical (unpaired) electrons. The maximum absolute atomic E-state index is 13.5. The van der Waals surface area contributed by atoms with Gasteiger partial charge in [0.1, 0.15) is 5.82 Å². The van der Waals surface area contributed by atoms with E-state index in [4.69, 9.17) is 0 Å². The van der Waals surface area contributed by atoms with Gasteiger partial charge in [0, 0.05) is 0 Å². The lowest BCUT2D eigenvalue weighted by molar-refractivity contribution is 0.626. The van der Waals surface area contributed by atoms with E-state index in [0.717, 1.165) is 24.0 Å². The van der Waals surface area contributed by atoms with Crippen molar-refractivity contribution in [1.82, 2.24) is 0 Å². The summed E-state index contributed by atoms with van der Waals surface area (Å²) in [6.45, 7) is 0. The summed E-state index contributed by atoms with van der Waals surface area (Å²) in [5.74, 6) is -0.181. The first kappa shape index (κ1) is 11.7. The zero-order valence-corrected chi connectivity index (χ0v) is 11.4. The lowest BCUT2D eigenvalue weighted by Crippen LogP contribution is -1.92. The first-order valence-electron chi connectivity index (χ1n) is 5.97. The number of aryl methyl sites for hydroxylation is 2. The van der Waals surface area contributed by atoms with Crippen molar-refractivity contribution in [3.05, 3.63) is 75.5 Å². The summed E-state index contributed by atoms with van der Waals surface area (Å²) >= 11 is 3.43. The molecule has 0 heterocycles. The van der Waals surface area contributed by atoms with Crippen LogP contribution in [0.15, 0.2) is 47.4 Å². The first-order valence-corrected chi connectivity index (χ1v) is 6.88. The van der Waals surface area contributed by atoms with Gasteiger partial charge in [-0.25, -0.2) is 4.39 Å². The predicted octanol–water partition coefficient (Wildman–Crippen LogP) is 4.71. The fraction of sp³-hybridized carbons (Fsp3) is 0.125. The van der Waals surface area contributed by atoms with Crippen molar-refractivity contribution in [2.45, 2.75) is 12.8 Å². The van der Waals surface area contributed by atoms with Crippen LogP contribution in [0.2, 0.25) is 0 Å². The van der Waals surface area contributed by atoms with Gasteiger partial charge in [-0.1, -0.05) is 46.3 Å². The average Bonchev–Trinajstić information content (AvgIpc) is 2.54. The molecule has 2 aromatic rings. The van der Waals surface area contributed by atoms with Gasteiger partial charge < -0.3 is 0 Å². The van der Waals surface area contributed by atoms with Gasteiger partial charge in [0.15, 0.2) is 0 Å². The number of rotatable bonds is 0. The minimum atomic E-state index is -0.181. The van der Waals surface area contributed by atoms with Crippen LogP contribution in [0.25, 0.3) is 5.57 Å². The monoisotopic (exact) mass is 302 g/mol. The summed E-state index contributed by atoms with van der Waals surface area (Å²) in [5, 5.41) is 0. The normalized spacial score (nSPS) is 16.0. The standard InChI is InChI=1S/C16H12BrF/c17-10-16-14-4-2-1-3-11(14)5-6-12-7-8-13(18)9-15(12)16/h1-4,7-10H,5-6H2/b16-10-. The Labute approximate surface area is 114 Å². The summed E-state index contributed by atoms with van der Waals surface area (Å²) in [7, 11) is 0. The Morgan fingerprint density at radius 1 is 0.944 bits per heavy atom. The molecule has 18 heavy (non-hydrogen) atoms. The van der Waals surface area contributed by atoms with Crippen LogP contribution in [0.5, 0.6) is 0 Å². The molecule has 0 fully saturated rings. The number of fused-ring (bicyclic) bond motifs is 2. The lowest BCUT2D eigenvalue weighted by atomic mass is 9.95. The van der Waals surface area contributed by atoms with Gasteiger partial charge in [0.25, 0.3) is 0 Å². The quantitative estimate of drug-likeness (QED) is 0.661. The number of hydrogen-bond acceptors (Lipinski definition) is 0. The van der Waals surface area contributed by atoms with Crippen LogP contribution >= 0.6 is 15.9 Å². The van der Waals surface area contributed by atoms with Crippen LogP contribution in [-0.2, 0) is 12.8 Å². The molecule has 0 saturated carbocycles. The molecular formula is C16H12BrF.